The Morgan fingerprint density at radius 1 is 0.962 bits per heavy atom. The molecule has 0 aliphatic rings. The molecule has 136 valence electrons. The van der Waals surface area contributed by atoms with Gasteiger partial charge in [0, 0.05) is 0 Å². The van der Waals surface area contributed by atoms with E-state index in [0.717, 1.165) is 9.87 Å². The lowest BCUT2D eigenvalue weighted by atomic mass is 10.2. The molecule has 0 unspecified atom stereocenters. The molecule has 0 radical (unpaired) electrons. The highest BCUT2D eigenvalue weighted by molar-refractivity contribution is 7.92. The van der Waals surface area contributed by atoms with E-state index >= 15 is 0 Å². The fourth-order valence-electron chi connectivity index (χ4n) is 2.40. The average Bonchev–Trinajstić information content (AvgIpc) is 3.11. The van der Waals surface area contributed by atoms with E-state index in [1.54, 1.807) is 24.3 Å². The molecule has 0 saturated heterocycles. The number of hydrogen-bond acceptors (Lipinski definition) is 3. The third-order valence-electron chi connectivity index (χ3n) is 3.77. The number of benzene rings is 2. The van der Waals surface area contributed by atoms with Gasteiger partial charge in [0.2, 0.25) is 0 Å². The van der Waals surface area contributed by atoms with Crippen molar-refractivity contribution in [1.82, 2.24) is 0 Å². The average molecular weight is 381 g/mol. The molecule has 3 rings (SSSR count). The van der Waals surface area contributed by atoms with Crippen LogP contribution in [0, 0.1) is 24.4 Å². The number of furan rings is 1. The largest absolute Gasteiger partial charge is 0.467 e. The van der Waals surface area contributed by atoms with E-state index in [9.17, 15) is 21.6 Å². The maximum atomic E-state index is 14.1. The Kier molecular flexibility index (Phi) is 4.78. The fraction of sp³-hybridized carbons (Fsp3) is 0.111. The molecule has 0 bridgehead atoms. The van der Waals surface area contributed by atoms with E-state index in [1.165, 1.54) is 18.4 Å². The monoisotopic (exact) mass is 381 g/mol. The molecule has 0 spiro atoms. The minimum atomic E-state index is -4.52. The second-order valence-corrected chi connectivity index (χ2v) is 7.43. The van der Waals surface area contributed by atoms with Gasteiger partial charge in [-0.1, -0.05) is 17.7 Å². The van der Waals surface area contributed by atoms with Crippen molar-refractivity contribution >= 4 is 15.7 Å². The van der Waals surface area contributed by atoms with Crippen LogP contribution in [0.2, 0.25) is 0 Å². The summed E-state index contributed by atoms with van der Waals surface area (Å²) in [7, 11) is -4.52. The number of sulfonamides is 1. The highest BCUT2D eigenvalue weighted by atomic mass is 32.2. The molecule has 0 N–H and O–H groups in total. The quantitative estimate of drug-likeness (QED) is 0.616. The standard InChI is InChI=1S/C18H14F3NO3S/c1-12-4-6-13(7-5-12)22(11-14-3-2-10-25-14)26(23,24)16-9-8-15(19)17(20)18(16)21/h2-10H,11H2,1H3. The minimum absolute atomic E-state index is 0.233. The van der Waals surface area contributed by atoms with Crippen molar-refractivity contribution in [2.75, 3.05) is 4.31 Å². The highest BCUT2D eigenvalue weighted by Gasteiger charge is 2.31. The Bertz CT molecular complexity index is 1020. The first kappa shape index (κ1) is 18.1. The van der Waals surface area contributed by atoms with Gasteiger partial charge in [-0.25, -0.2) is 21.6 Å². The van der Waals surface area contributed by atoms with Crippen LogP contribution in [0.3, 0.4) is 0 Å². The first-order valence-electron chi connectivity index (χ1n) is 7.56. The minimum Gasteiger partial charge on any atom is -0.467 e. The first-order valence-corrected chi connectivity index (χ1v) is 9.00. The van der Waals surface area contributed by atoms with Gasteiger partial charge in [0.1, 0.15) is 10.7 Å². The summed E-state index contributed by atoms with van der Waals surface area (Å²) in [6.45, 7) is 1.58. The second kappa shape index (κ2) is 6.87. The van der Waals surface area contributed by atoms with Crippen LogP contribution in [0.4, 0.5) is 18.9 Å². The Balaban J connectivity index is 2.13. The summed E-state index contributed by atoms with van der Waals surface area (Å²) < 4.78 is 72.9. The van der Waals surface area contributed by atoms with Crippen LogP contribution in [-0.2, 0) is 16.6 Å². The van der Waals surface area contributed by atoms with Gasteiger partial charge in [0.25, 0.3) is 10.0 Å². The normalized spacial score (nSPS) is 11.5. The fourth-order valence-corrected chi connectivity index (χ4v) is 3.89. The summed E-state index contributed by atoms with van der Waals surface area (Å²) >= 11 is 0. The topological polar surface area (TPSA) is 50.5 Å². The van der Waals surface area contributed by atoms with Crippen LogP contribution in [0.1, 0.15) is 11.3 Å². The molecule has 0 aliphatic carbocycles. The molecular formula is C18H14F3NO3S. The summed E-state index contributed by atoms with van der Waals surface area (Å²) in [4.78, 5) is -0.955. The van der Waals surface area contributed by atoms with Gasteiger partial charge in [-0.15, -0.1) is 0 Å². The molecule has 26 heavy (non-hydrogen) atoms. The summed E-state index contributed by atoms with van der Waals surface area (Å²) in [6.07, 6.45) is 1.37. The zero-order valence-corrected chi connectivity index (χ0v) is 14.4. The van der Waals surface area contributed by atoms with E-state index in [0.29, 0.717) is 17.9 Å². The molecule has 0 atom stereocenters. The van der Waals surface area contributed by atoms with Crippen molar-refractivity contribution in [3.8, 4) is 0 Å². The smallest absolute Gasteiger partial charge is 0.267 e. The van der Waals surface area contributed by atoms with Gasteiger partial charge >= 0.3 is 0 Å². The van der Waals surface area contributed by atoms with Crippen LogP contribution in [-0.4, -0.2) is 8.42 Å². The van der Waals surface area contributed by atoms with E-state index in [1.807, 2.05) is 6.92 Å². The van der Waals surface area contributed by atoms with Crippen molar-refractivity contribution in [3.05, 3.63) is 83.6 Å². The Morgan fingerprint density at radius 2 is 1.65 bits per heavy atom. The highest BCUT2D eigenvalue weighted by Crippen LogP contribution is 2.29. The Labute approximate surface area is 148 Å². The van der Waals surface area contributed by atoms with E-state index < -0.39 is 32.4 Å². The molecule has 0 fully saturated rings. The number of hydrogen-bond donors (Lipinski definition) is 0. The summed E-state index contributed by atoms with van der Waals surface area (Å²) in [6, 6.07) is 10.8. The lowest BCUT2D eigenvalue weighted by molar-refractivity contribution is 0.432. The molecule has 3 aromatic rings. The van der Waals surface area contributed by atoms with Gasteiger partial charge in [-0.05, 0) is 43.3 Å². The Morgan fingerprint density at radius 3 is 2.27 bits per heavy atom. The van der Waals surface area contributed by atoms with Crippen LogP contribution in [0.5, 0.6) is 0 Å². The predicted octanol–water partition coefficient (Wildman–Crippen LogP) is 4.40. The van der Waals surface area contributed by atoms with Crippen LogP contribution in [0.15, 0.2) is 64.1 Å². The van der Waals surface area contributed by atoms with Crippen molar-refractivity contribution < 1.29 is 26.0 Å². The number of halogens is 3. The van der Waals surface area contributed by atoms with Crippen LogP contribution in [0.25, 0.3) is 0 Å². The van der Waals surface area contributed by atoms with E-state index in [2.05, 4.69) is 0 Å². The van der Waals surface area contributed by atoms with Gasteiger partial charge < -0.3 is 4.42 Å². The molecule has 1 aromatic heterocycles. The van der Waals surface area contributed by atoms with E-state index in [4.69, 9.17) is 4.42 Å². The molecule has 4 nitrogen and oxygen atoms in total. The zero-order chi connectivity index (χ0) is 18.9. The molecule has 8 heteroatoms. The summed E-state index contributed by atoms with van der Waals surface area (Å²) in [5, 5.41) is 0. The zero-order valence-electron chi connectivity index (χ0n) is 13.6. The Hall–Kier alpha value is -2.74. The lowest BCUT2D eigenvalue weighted by Gasteiger charge is -2.24. The number of anilines is 1. The van der Waals surface area contributed by atoms with Gasteiger partial charge in [-0.2, -0.15) is 0 Å². The summed E-state index contributed by atoms with van der Waals surface area (Å²) in [5.41, 5.74) is 1.12. The molecule has 2 aromatic carbocycles. The van der Waals surface area contributed by atoms with Gasteiger partial charge in [0.05, 0.1) is 18.5 Å². The molecule has 0 saturated carbocycles. The number of rotatable bonds is 5. The molecule has 0 aliphatic heterocycles. The van der Waals surface area contributed by atoms with Crippen LogP contribution >= 0.6 is 0 Å². The molecule has 0 amide bonds. The maximum Gasteiger partial charge on any atom is 0.267 e. The lowest BCUT2D eigenvalue weighted by Crippen LogP contribution is -2.31. The molecular weight excluding hydrogens is 367 g/mol. The van der Waals surface area contributed by atoms with Crippen molar-refractivity contribution in [2.45, 2.75) is 18.4 Å². The molecule has 1 heterocycles. The third kappa shape index (κ3) is 3.32. The predicted molar refractivity (Wildman–Crippen MR) is 89.6 cm³/mol. The second-order valence-electron chi connectivity index (χ2n) is 5.60. The number of nitrogens with zero attached hydrogens (tertiary/aromatic N) is 1. The first-order chi connectivity index (χ1) is 12.3. The summed E-state index contributed by atoms with van der Waals surface area (Å²) in [5.74, 6) is -4.76. The van der Waals surface area contributed by atoms with Gasteiger partial charge in [-0.3, -0.25) is 4.31 Å². The SMILES string of the molecule is Cc1ccc(N(Cc2ccco2)S(=O)(=O)c2ccc(F)c(F)c2F)cc1. The van der Waals surface area contributed by atoms with Crippen molar-refractivity contribution in [2.24, 2.45) is 0 Å². The maximum absolute atomic E-state index is 14.1. The number of aryl methyl sites for hydroxylation is 1. The van der Waals surface area contributed by atoms with E-state index in [-0.39, 0.29) is 12.2 Å². The van der Waals surface area contributed by atoms with Crippen molar-refractivity contribution in [3.63, 3.8) is 0 Å². The van der Waals surface area contributed by atoms with Crippen LogP contribution < -0.4 is 4.31 Å². The van der Waals surface area contributed by atoms with Crippen molar-refractivity contribution in [1.29, 1.82) is 0 Å². The van der Waals surface area contributed by atoms with Gasteiger partial charge in [0.15, 0.2) is 17.5 Å². The third-order valence-corrected chi connectivity index (χ3v) is 5.56.